The van der Waals surface area contributed by atoms with Crippen LogP contribution in [0, 0.1) is 5.41 Å². The van der Waals surface area contributed by atoms with Crippen molar-refractivity contribution in [1.29, 1.82) is 5.41 Å². The number of benzene rings is 1. The molecule has 0 radical (unpaired) electrons. The number of amidine groups is 1. The number of nitrogens with two attached hydrogens (primary N) is 1. The number of anilines is 1. The Kier molecular flexibility index (Phi) is 4.41. The van der Waals surface area contributed by atoms with Crippen LogP contribution >= 0.6 is 0 Å². The lowest BCUT2D eigenvalue weighted by Gasteiger charge is -2.16. The van der Waals surface area contributed by atoms with Crippen molar-refractivity contribution in [3.05, 3.63) is 23.8 Å². The van der Waals surface area contributed by atoms with E-state index in [2.05, 4.69) is 10.6 Å². The Morgan fingerprint density at radius 2 is 2.35 bits per heavy atom. The highest BCUT2D eigenvalue weighted by Crippen LogP contribution is 2.28. The van der Waals surface area contributed by atoms with Gasteiger partial charge in [-0.05, 0) is 18.6 Å². The Labute approximate surface area is 116 Å². The topological polar surface area (TPSA) is 109 Å². The molecule has 1 aliphatic rings. The molecule has 1 aliphatic heterocycles. The third kappa shape index (κ3) is 3.18. The minimum absolute atomic E-state index is 0.00508. The third-order valence-corrected chi connectivity index (χ3v) is 3.04. The standard InChI is InChI=1S/C13H18N4O3/c1-19-10-4-2-3-9(12(14)15)11(10)17-13(18)16-8-5-6-20-7-8/h2-4,8H,5-7H2,1H3,(H3,14,15)(H2,16,17,18). The van der Waals surface area contributed by atoms with Crippen molar-refractivity contribution in [3.63, 3.8) is 0 Å². The molecule has 5 N–H and O–H groups in total. The molecule has 1 aromatic carbocycles. The molecule has 2 amide bonds. The summed E-state index contributed by atoms with van der Waals surface area (Å²) in [6.07, 6.45) is 0.791. The number of carbonyl (C=O) groups excluding carboxylic acids is 1. The third-order valence-electron chi connectivity index (χ3n) is 3.04. The van der Waals surface area contributed by atoms with E-state index < -0.39 is 0 Å². The fourth-order valence-electron chi connectivity index (χ4n) is 2.04. The van der Waals surface area contributed by atoms with Gasteiger partial charge in [-0.15, -0.1) is 0 Å². The molecule has 108 valence electrons. The van der Waals surface area contributed by atoms with Crippen LogP contribution in [0.3, 0.4) is 0 Å². The van der Waals surface area contributed by atoms with Gasteiger partial charge in [-0.25, -0.2) is 4.79 Å². The van der Waals surface area contributed by atoms with Crippen LogP contribution < -0.4 is 21.1 Å². The van der Waals surface area contributed by atoms with Crippen molar-refractivity contribution >= 4 is 17.6 Å². The highest BCUT2D eigenvalue weighted by atomic mass is 16.5. The number of rotatable bonds is 4. The molecule has 1 aromatic rings. The second-order valence-corrected chi connectivity index (χ2v) is 4.46. The quantitative estimate of drug-likeness (QED) is 0.484. The largest absolute Gasteiger partial charge is 0.495 e. The number of amides is 2. The summed E-state index contributed by atoms with van der Waals surface area (Å²) in [5.74, 6) is 0.318. The summed E-state index contributed by atoms with van der Waals surface area (Å²) in [4.78, 5) is 12.0. The van der Waals surface area contributed by atoms with Crippen LogP contribution in [0.5, 0.6) is 5.75 Å². The lowest BCUT2D eigenvalue weighted by molar-refractivity contribution is 0.189. The van der Waals surface area contributed by atoms with E-state index in [0.717, 1.165) is 6.42 Å². The summed E-state index contributed by atoms with van der Waals surface area (Å²) in [7, 11) is 1.49. The van der Waals surface area contributed by atoms with Crippen LogP contribution in [0.4, 0.5) is 10.5 Å². The van der Waals surface area contributed by atoms with Gasteiger partial charge in [0.15, 0.2) is 0 Å². The second kappa shape index (κ2) is 6.25. The zero-order chi connectivity index (χ0) is 14.5. The highest BCUT2D eigenvalue weighted by Gasteiger charge is 2.19. The molecule has 7 nitrogen and oxygen atoms in total. The zero-order valence-electron chi connectivity index (χ0n) is 11.2. The van der Waals surface area contributed by atoms with Crippen LogP contribution in [0.1, 0.15) is 12.0 Å². The van der Waals surface area contributed by atoms with Crippen molar-refractivity contribution < 1.29 is 14.3 Å². The first kappa shape index (κ1) is 14.1. The number of nitrogen functional groups attached to an aromatic ring is 1. The molecule has 1 fully saturated rings. The smallest absolute Gasteiger partial charge is 0.319 e. The molecule has 0 spiro atoms. The zero-order valence-corrected chi connectivity index (χ0v) is 11.2. The van der Waals surface area contributed by atoms with Crippen molar-refractivity contribution in [2.75, 3.05) is 25.6 Å². The molecule has 0 bridgehead atoms. The average molecular weight is 278 g/mol. The predicted octanol–water partition coefficient (Wildman–Crippen LogP) is 0.890. The molecule has 1 unspecified atom stereocenters. The Morgan fingerprint density at radius 1 is 1.55 bits per heavy atom. The Morgan fingerprint density at radius 3 is 2.95 bits per heavy atom. The van der Waals surface area contributed by atoms with Gasteiger partial charge >= 0.3 is 6.03 Å². The number of hydrogen-bond acceptors (Lipinski definition) is 4. The van der Waals surface area contributed by atoms with Crippen molar-refractivity contribution in [1.82, 2.24) is 5.32 Å². The first-order chi connectivity index (χ1) is 9.61. The van der Waals surface area contributed by atoms with E-state index in [9.17, 15) is 4.79 Å². The van der Waals surface area contributed by atoms with Gasteiger partial charge in [0.25, 0.3) is 0 Å². The van der Waals surface area contributed by atoms with E-state index in [1.165, 1.54) is 7.11 Å². The Bertz CT molecular complexity index is 512. The number of urea groups is 1. The number of para-hydroxylation sites is 1. The molecule has 1 heterocycles. The molecule has 20 heavy (non-hydrogen) atoms. The monoisotopic (exact) mass is 278 g/mol. The van der Waals surface area contributed by atoms with Crippen LogP contribution in [0.25, 0.3) is 0 Å². The van der Waals surface area contributed by atoms with Crippen LogP contribution in [0.2, 0.25) is 0 Å². The number of hydrogen-bond donors (Lipinski definition) is 4. The fourth-order valence-corrected chi connectivity index (χ4v) is 2.04. The summed E-state index contributed by atoms with van der Waals surface area (Å²) < 4.78 is 10.4. The maximum Gasteiger partial charge on any atom is 0.319 e. The van der Waals surface area contributed by atoms with Gasteiger partial charge in [-0.3, -0.25) is 5.41 Å². The maximum absolute atomic E-state index is 12.0. The molecule has 0 aliphatic carbocycles. The predicted molar refractivity (Wildman–Crippen MR) is 75.4 cm³/mol. The maximum atomic E-state index is 12.0. The fraction of sp³-hybridized carbons (Fsp3) is 0.385. The van der Waals surface area contributed by atoms with Gasteiger partial charge in [-0.2, -0.15) is 0 Å². The van der Waals surface area contributed by atoms with E-state index in [-0.39, 0.29) is 17.9 Å². The summed E-state index contributed by atoms with van der Waals surface area (Å²) in [6, 6.07) is 4.70. The summed E-state index contributed by atoms with van der Waals surface area (Å²) >= 11 is 0. The lowest BCUT2D eigenvalue weighted by atomic mass is 10.1. The molecular formula is C13H18N4O3. The lowest BCUT2D eigenvalue weighted by Crippen LogP contribution is -2.38. The average Bonchev–Trinajstić information content (AvgIpc) is 2.91. The number of carbonyl (C=O) groups is 1. The Hall–Kier alpha value is -2.28. The van der Waals surface area contributed by atoms with E-state index in [1.807, 2.05) is 0 Å². The molecule has 0 aromatic heterocycles. The normalized spacial score (nSPS) is 17.6. The SMILES string of the molecule is COc1cccc(C(=N)N)c1NC(=O)NC1CCOC1. The van der Waals surface area contributed by atoms with E-state index in [4.69, 9.17) is 20.6 Å². The van der Waals surface area contributed by atoms with Crippen molar-refractivity contribution in [2.24, 2.45) is 5.73 Å². The molecular weight excluding hydrogens is 260 g/mol. The Balaban J connectivity index is 2.14. The van der Waals surface area contributed by atoms with Gasteiger partial charge in [0.05, 0.1) is 25.4 Å². The number of nitrogens with one attached hydrogen (secondary N) is 3. The first-order valence-electron chi connectivity index (χ1n) is 6.28. The molecule has 7 heteroatoms. The van der Waals surface area contributed by atoms with Gasteiger partial charge < -0.3 is 25.8 Å². The molecule has 2 rings (SSSR count). The number of methoxy groups -OCH3 is 1. The van der Waals surface area contributed by atoms with Crippen molar-refractivity contribution in [2.45, 2.75) is 12.5 Å². The van der Waals surface area contributed by atoms with E-state index in [0.29, 0.717) is 30.2 Å². The molecule has 0 saturated carbocycles. The highest BCUT2D eigenvalue weighted by molar-refractivity contribution is 6.05. The van der Waals surface area contributed by atoms with Crippen molar-refractivity contribution in [3.8, 4) is 5.75 Å². The van der Waals surface area contributed by atoms with Gasteiger partial charge in [0.2, 0.25) is 0 Å². The molecule has 1 saturated heterocycles. The first-order valence-corrected chi connectivity index (χ1v) is 6.28. The van der Waals surface area contributed by atoms with Gasteiger partial charge in [-0.1, -0.05) is 6.07 Å². The second-order valence-electron chi connectivity index (χ2n) is 4.46. The van der Waals surface area contributed by atoms with Gasteiger partial charge in [0, 0.05) is 12.2 Å². The summed E-state index contributed by atoms with van der Waals surface area (Å²) in [6.45, 7) is 1.16. The summed E-state index contributed by atoms with van der Waals surface area (Å²) in [5, 5.41) is 13.0. The van der Waals surface area contributed by atoms with Gasteiger partial charge in [0.1, 0.15) is 11.6 Å². The minimum atomic E-state index is -0.368. The van der Waals surface area contributed by atoms with E-state index in [1.54, 1.807) is 18.2 Å². The van der Waals surface area contributed by atoms with Crippen LogP contribution in [-0.2, 0) is 4.74 Å². The van der Waals surface area contributed by atoms with Crippen LogP contribution in [-0.4, -0.2) is 38.2 Å². The molecule has 1 atom stereocenters. The number of ether oxygens (including phenoxy) is 2. The minimum Gasteiger partial charge on any atom is -0.495 e. The van der Waals surface area contributed by atoms with Crippen LogP contribution in [0.15, 0.2) is 18.2 Å². The van der Waals surface area contributed by atoms with E-state index >= 15 is 0 Å². The summed E-state index contributed by atoms with van der Waals surface area (Å²) in [5.41, 5.74) is 6.32.